The van der Waals surface area contributed by atoms with Crippen molar-refractivity contribution in [1.82, 2.24) is 15.3 Å². The van der Waals surface area contributed by atoms with Crippen molar-refractivity contribution >= 4 is 17.5 Å². The average Bonchev–Trinajstić information content (AvgIpc) is 2.93. The number of nitrogens with one attached hydrogen (secondary N) is 1. The van der Waals surface area contributed by atoms with Gasteiger partial charge in [0, 0.05) is 24.0 Å². The molecular formula is C20H26N4O. The summed E-state index contributed by atoms with van der Waals surface area (Å²) in [4.78, 5) is 23.7. The smallest absolute Gasteiger partial charge is 0.270 e. The van der Waals surface area contributed by atoms with Gasteiger partial charge >= 0.3 is 0 Å². The maximum absolute atomic E-state index is 12.4. The molecule has 0 spiro atoms. The van der Waals surface area contributed by atoms with Gasteiger partial charge in [-0.05, 0) is 44.4 Å². The topological polar surface area (TPSA) is 58.1 Å². The second kappa shape index (κ2) is 7.64. The first-order chi connectivity index (χ1) is 12.1. The van der Waals surface area contributed by atoms with Crippen molar-refractivity contribution in [3.8, 4) is 0 Å². The summed E-state index contributed by atoms with van der Waals surface area (Å²) in [6, 6.07) is 10.4. The fourth-order valence-electron chi connectivity index (χ4n) is 3.31. The zero-order valence-corrected chi connectivity index (χ0v) is 15.2. The second-order valence-corrected chi connectivity index (χ2v) is 6.71. The molecule has 0 radical (unpaired) electrons. The van der Waals surface area contributed by atoms with Crippen LogP contribution in [0.3, 0.4) is 0 Å². The molecule has 5 heteroatoms. The van der Waals surface area contributed by atoms with Crippen molar-refractivity contribution in [2.75, 3.05) is 11.4 Å². The van der Waals surface area contributed by atoms with Gasteiger partial charge in [-0.15, -0.1) is 0 Å². The minimum Gasteiger partial charge on any atom is -0.351 e. The van der Waals surface area contributed by atoms with E-state index in [-0.39, 0.29) is 11.9 Å². The highest BCUT2D eigenvalue weighted by Gasteiger charge is 2.29. The number of aromatic nitrogens is 2. The van der Waals surface area contributed by atoms with Crippen LogP contribution in [0.5, 0.6) is 0 Å². The van der Waals surface area contributed by atoms with E-state index in [4.69, 9.17) is 0 Å². The van der Waals surface area contributed by atoms with E-state index in [1.165, 1.54) is 5.56 Å². The number of hydrogen-bond donors (Lipinski definition) is 1. The van der Waals surface area contributed by atoms with E-state index in [2.05, 4.69) is 52.2 Å². The van der Waals surface area contributed by atoms with Crippen molar-refractivity contribution in [3.05, 3.63) is 47.3 Å². The first-order valence-corrected chi connectivity index (χ1v) is 9.11. The first kappa shape index (κ1) is 17.4. The molecule has 1 aliphatic heterocycles. The van der Waals surface area contributed by atoms with Crippen LogP contribution >= 0.6 is 0 Å². The van der Waals surface area contributed by atoms with Crippen LogP contribution in [-0.2, 0) is 6.42 Å². The van der Waals surface area contributed by atoms with Crippen LogP contribution < -0.4 is 10.2 Å². The zero-order valence-electron chi connectivity index (χ0n) is 15.2. The largest absolute Gasteiger partial charge is 0.351 e. The average molecular weight is 338 g/mol. The van der Waals surface area contributed by atoms with Crippen LogP contribution in [0.4, 0.5) is 11.6 Å². The second-order valence-electron chi connectivity index (χ2n) is 6.71. The number of fused-ring (bicyclic) bond motifs is 1. The lowest BCUT2D eigenvalue weighted by molar-refractivity contribution is 0.0947. The van der Waals surface area contributed by atoms with Gasteiger partial charge in [0.15, 0.2) is 0 Å². The summed E-state index contributed by atoms with van der Waals surface area (Å²) < 4.78 is 0. The van der Waals surface area contributed by atoms with Gasteiger partial charge in [-0.3, -0.25) is 4.79 Å². The molecule has 0 fully saturated rings. The van der Waals surface area contributed by atoms with Crippen LogP contribution in [-0.4, -0.2) is 28.5 Å². The van der Waals surface area contributed by atoms with Crippen molar-refractivity contribution in [1.29, 1.82) is 0 Å². The summed E-state index contributed by atoms with van der Waals surface area (Å²) in [5.74, 6) is 0.485. The number of carbonyl (C=O) groups excluding carboxylic acids is 1. The van der Waals surface area contributed by atoms with Crippen LogP contribution in [0.2, 0.25) is 0 Å². The Kier molecular flexibility index (Phi) is 5.31. The van der Waals surface area contributed by atoms with Crippen LogP contribution in [0.1, 0.15) is 54.9 Å². The Morgan fingerprint density at radius 2 is 2.08 bits per heavy atom. The predicted molar refractivity (Wildman–Crippen MR) is 100 cm³/mol. The molecule has 0 aliphatic carbocycles. The van der Waals surface area contributed by atoms with Crippen molar-refractivity contribution in [3.63, 3.8) is 0 Å². The molecule has 5 nitrogen and oxygen atoms in total. The van der Waals surface area contributed by atoms with Gasteiger partial charge in [0.2, 0.25) is 5.95 Å². The number of anilines is 2. The molecule has 1 atom stereocenters. The van der Waals surface area contributed by atoms with E-state index in [0.717, 1.165) is 37.1 Å². The van der Waals surface area contributed by atoms with Gasteiger partial charge in [-0.25, -0.2) is 9.97 Å². The number of benzene rings is 1. The molecule has 1 aliphatic rings. The number of aryl methyl sites for hydroxylation is 1. The molecule has 0 saturated carbocycles. The molecule has 1 N–H and O–H groups in total. The number of para-hydroxylation sites is 1. The predicted octanol–water partition coefficient (Wildman–Crippen LogP) is 3.79. The van der Waals surface area contributed by atoms with Crippen LogP contribution in [0, 0.1) is 6.92 Å². The lowest BCUT2D eigenvalue weighted by Gasteiger charge is -2.23. The van der Waals surface area contributed by atoms with E-state index in [1.54, 1.807) is 6.07 Å². The summed E-state index contributed by atoms with van der Waals surface area (Å²) in [5.41, 5.74) is 3.68. The van der Waals surface area contributed by atoms with Crippen molar-refractivity contribution in [2.24, 2.45) is 0 Å². The molecule has 1 amide bonds. The van der Waals surface area contributed by atoms with Gasteiger partial charge in [-0.2, -0.15) is 0 Å². The van der Waals surface area contributed by atoms with Gasteiger partial charge in [-0.1, -0.05) is 38.0 Å². The highest BCUT2D eigenvalue weighted by molar-refractivity contribution is 5.92. The number of unbranched alkanes of at least 4 members (excludes halogenated alkanes) is 2. The fourth-order valence-corrected chi connectivity index (χ4v) is 3.31. The Morgan fingerprint density at radius 1 is 1.28 bits per heavy atom. The molecule has 1 aromatic carbocycles. The Bertz CT molecular complexity index is 759. The Labute approximate surface area is 149 Å². The van der Waals surface area contributed by atoms with E-state index in [1.807, 2.05) is 13.0 Å². The lowest BCUT2D eigenvalue weighted by Crippen LogP contribution is -2.29. The Hall–Kier alpha value is -2.43. The third kappa shape index (κ3) is 3.81. The first-order valence-electron chi connectivity index (χ1n) is 9.11. The molecule has 3 rings (SSSR count). The molecule has 2 aromatic rings. The van der Waals surface area contributed by atoms with Crippen LogP contribution in [0.15, 0.2) is 30.3 Å². The number of hydrogen-bond acceptors (Lipinski definition) is 4. The maximum Gasteiger partial charge on any atom is 0.270 e. The third-order valence-electron chi connectivity index (χ3n) is 4.56. The Morgan fingerprint density at radius 3 is 2.88 bits per heavy atom. The van der Waals surface area contributed by atoms with Gasteiger partial charge in [0.05, 0.1) is 0 Å². The number of rotatable bonds is 6. The summed E-state index contributed by atoms with van der Waals surface area (Å²) in [5, 5.41) is 2.96. The van der Waals surface area contributed by atoms with E-state index < -0.39 is 0 Å². The quantitative estimate of drug-likeness (QED) is 0.814. The number of carbonyl (C=O) groups is 1. The third-order valence-corrected chi connectivity index (χ3v) is 4.56. The minimum atomic E-state index is -0.122. The molecular weight excluding hydrogens is 312 g/mol. The number of nitrogens with zero attached hydrogens (tertiary/aromatic N) is 3. The highest BCUT2D eigenvalue weighted by Crippen LogP contribution is 2.36. The van der Waals surface area contributed by atoms with E-state index >= 15 is 0 Å². The highest BCUT2D eigenvalue weighted by atomic mass is 16.1. The minimum absolute atomic E-state index is 0.122. The lowest BCUT2D eigenvalue weighted by atomic mass is 10.1. The fraction of sp³-hybridized carbons (Fsp3) is 0.450. The molecule has 2 heterocycles. The normalized spacial score (nSPS) is 16.0. The standard InChI is InChI=1S/C20H26N4O/c1-4-5-8-11-21-19(25)17-12-14(2)22-20(23-17)24-15(3)13-16-9-6-7-10-18(16)24/h6-7,9-10,12,15H,4-5,8,11,13H2,1-3H3,(H,21,25). The van der Waals surface area contributed by atoms with E-state index in [9.17, 15) is 4.79 Å². The van der Waals surface area contributed by atoms with Gasteiger partial charge in [0.25, 0.3) is 5.91 Å². The van der Waals surface area contributed by atoms with Crippen molar-refractivity contribution < 1.29 is 4.79 Å². The molecule has 0 saturated heterocycles. The van der Waals surface area contributed by atoms with Gasteiger partial charge in [0.1, 0.15) is 5.69 Å². The van der Waals surface area contributed by atoms with Crippen LogP contribution in [0.25, 0.3) is 0 Å². The summed E-state index contributed by atoms with van der Waals surface area (Å²) in [6.07, 6.45) is 4.22. The molecule has 1 unspecified atom stereocenters. The summed E-state index contributed by atoms with van der Waals surface area (Å²) in [6.45, 7) is 6.91. The Balaban J connectivity index is 1.84. The SMILES string of the molecule is CCCCCNC(=O)c1cc(C)nc(N2c3ccccc3CC2C)n1. The number of amides is 1. The molecule has 1 aromatic heterocycles. The monoisotopic (exact) mass is 338 g/mol. The summed E-state index contributed by atoms with van der Waals surface area (Å²) in [7, 11) is 0. The summed E-state index contributed by atoms with van der Waals surface area (Å²) >= 11 is 0. The molecule has 132 valence electrons. The maximum atomic E-state index is 12.4. The van der Waals surface area contributed by atoms with E-state index in [0.29, 0.717) is 18.2 Å². The van der Waals surface area contributed by atoms with Crippen molar-refractivity contribution in [2.45, 2.75) is 52.5 Å². The molecule has 25 heavy (non-hydrogen) atoms. The molecule has 0 bridgehead atoms. The van der Waals surface area contributed by atoms with Gasteiger partial charge < -0.3 is 10.2 Å². The zero-order chi connectivity index (χ0) is 17.8.